The molecule has 0 bridgehead atoms. The van der Waals surface area contributed by atoms with E-state index in [1.165, 1.54) is 50.7 Å². The number of aromatic amines is 3. The summed E-state index contributed by atoms with van der Waals surface area (Å²) in [5, 5.41) is 79.4. The second-order valence-electron chi connectivity index (χ2n) is 32.3. The number of unbranched alkanes of at least 4 members (excludes halogenated alkanes) is 2. The second-order valence-corrected chi connectivity index (χ2v) is 33.4. The highest BCUT2D eigenvalue weighted by atomic mass is 32.2. The normalized spacial score (nSPS) is 16.3. The van der Waals surface area contributed by atoms with Crippen LogP contribution in [0, 0.1) is 5.41 Å². The van der Waals surface area contributed by atoms with Gasteiger partial charge in [0.25, 0.3) is 0 Å². The number of primary amides is 2. The predicted octanol–water partition coefficient (Wildman–Crippen LogP) is -4.86. The van der Waals surface area contributed by atoms with Gasteiger partial charge in [0.15, 0.2) is 5.96 Å². The van der Waals surface area contributed by atoms with E-state index < -0.39 is 223 Å². The Bertz CT molecular complexity index is 4980. The molecule has 44 nitrogen and oxygen atoms in total. The Kier molecular flexibility index (Phi) is 39.8. The summed E-state index contributed by atoms with van der Waals surface area (Å²) in [6.07, 6.45) is 6.91. The molecule has 3 aromatic carbocycles. The standard InChI is InChI=1S/C86H122N24O20S/c1-6-8-22-66(79(124)99-57(21-14-30-94-86(90)91)74(119)106-65(78(123)103-62(41-111)72(89)117)44-131-45-71(116)98-58(73(118)92-3)33-47-26-28-51(114)29-27-47)107(4)85(130)69(23-9-7-2)108(5)83(128)61(35-49-39-96-56-20-13-11-18-53(49)56)102-77(122)63(42-112)104-75(120)59(34-48-38-95-55-19-12-10-17-52(48)55)100-81(126)68-25-16-32-110(68)84(129)64(43-113)105-76(121)60(36-50-40-93-46-97-50)101-80(125)67-24-15-31-109(67)82(127)54(87)37-70(88)115/h10-13,17-20,26-29,38-40,46,54,57-69,95-96,111-114H,6-9,14-16,21-25,30-37,41-45,87H2,1-5H3,(H2,88,115)(H2,89,117)(H,92,118)(H,93,97)(H,98,116)(H,99,124)(H,100,126)(H,101,125)(H,102,122)(H,103,123)(H,104,120)(H,105,121)(H,106,119)(H4,90,91,94)/t54-,57-,58-,59-,60-,61-,62-,63-,64-,65?,66-,67-,68-,69-/m0/s1. The summed E-state index contributed by atoms with van der Waals surface area (Å²) < 4.78 is 0. The highest BCUT2D eigenvalue weighted by molar-refractivity contribution is 8.00. The zero-order chi connectivity index (χ0) is 95.7. The maximum absolute atomic E-state index is 15.7. The molecule has 8 rings (SSSR count). The molecule has 2 fully saturated rings. The molecule has 45 heteroatoms. The molecule has 14 atom stereocenters. The van der Waals surface area contributed by atoms with Crippen LogP contribution in [0.2, 0.25) is 0 Å². The number of carbonyl (C=O) groups excluding carboxylic acids is 16. The molecule has 2 saturated heterocycles. The molecule has 5 heterocycles. The fourth-order valence-electron chi connectivity index (χ4n) is 15.7. The number of rotatable bonds is 52. The summed E-state index contributed by atoms with van der Waals surface area (Å²) in [4.78, 5) is 245. The van der Waals surface area contributed by atoms with Crippen molar-refractivity contribution >= 4 is 134 Å². The zero-order valence-corrected chi connectivity index (χ0v) is 74.6. The highest BCUT2D eigenvalue weighted by Crippen LogP contribution is 2.27. The Morgan fingerprint density at radius 2 is 1.02 bits per heavy atom. The second kappa shape index (κ2) is 50.6. The Morgan fingerprint density at radius 3 is 1.56 bits per heavy atom. The number of aromatic hydroxyl groups is 1. The molecule has 131 heavy (non-hydrogen) atoms. The third-order valence-electron chi connectivity index (χ3n) is 22.9. The van der Waals surface area contributed by atoms with E-state index >= 15 is 24.0 Å². The summed E-state index contributed by atoms with van der Waals surface area (Å²) >= 11 is 0.822. The maximum atomic E-state index is 15.7. The third kappa shape index (κ3) is 29.4. The summed E-state index contributed by atoms with van der Waals surface area (Å²) in [5.74, 6) is -15.4. The van der Waals surface area contributed by atoms with Gasteiger partial charge in [0.05, 0.1) is 44.4 Å². The van der Waals surface area contributed by atoms with E-state index in [9.17, 15) is 73.2 Å². The lowest BCUT2D eigenvalue weighted by atomic mass is 10.00. The topological polar surface area (TPSA) is 688 Å². The molecule has 3 aromatic heterocycles. The number of aromatic nitrogens is 4. The van der Waals surface area contributed by atoms with Crippen LogP contribution in [-0.2, 0) is 102 Å². The van der Waals surface area contributed by atoms with E-state index in [-0.39, 0.29) is 96.0 Å². The molecule has 0 aliphatic carbocycles. The van der Waals surface area contributed by atoms with E-state index in [2.05, 4.69) is 78.4 Å². The Labute approximate surface area is 759 Å². The van der Waals surface area contributed by atoms with Crippen LogP contribution in [-0.4, -0.2) is 317 Å². The number of aliphatic hydroxyl groups is 3. The number of likely N-dealkylation sites (N-methyl/N-ethyl adjacent to an activating group) is 3. The number of phenolic OH excluding ortho intramolecular Hbond substituents is 1. The number of carbonyl (C=O) groups is 16. The minimum absolute atomic E-state index is 0.00115. The number of hydrogen-bond acceptors (Lipinski definition) is 24. The van der Waals surface area contributed by atoms with Gasteiger partial charge in [0.1, 0.15) is 84.3 Å². The Morgan fingerprint density at radius 1 is 0.534 bits per heavy atom. The zero-order valence-electron chi connectivity index (χ0n) is 73.8. The lowest BCUT2D eigenvalue weighted by molar-refractivity contribution is -0.149. The van der Waals surface area contributed by atoms with Gasteiger partial charge in [0, 0.05) is 118 Å². The predicted molar refractivity (Wildman–Crippen MR) is 480 cm³/mol. The largest absolute Gasteiger partial charge is 0.508 e. The first-order valence-electron chi connectivity index (χ1n) is 43.4. The first-order valence-corrected chi connectivity index (χ1v) is 44.5. The number of para-hydroxylation sites is 2. The number of fused-ring (bicyclic) bond motifs is 2. The molecule has 712 valence electrons. The number of H-pyrrole nitrogens is 3. The lowest BCUT2D eigenvalue weighted by Crippen LogP contribution is -2.62. The number of aliphatic hydroxyl groups excluding tert-OH is 3. The van der Waals surface area contributed by atoms with Crippen LogP contribution in [0.25, 0.3) is 21.8 Å². The van der Waals surface area contributed by atoms with Crippen molar-refractivity contribution in [3.63, 3.8) is 0 Å². The first-order chi connectivity index (χ1) is 62.6. The van der Waals surface area contributed by atoms with Crippen molar-refractivity contribution in [2.75, 3.05) is 72.1 Å². The molecular weight excluding hydrogens is 1720 g/mol. The van der Waals surface area contributed by atoms with Gasteiger partial charge in [-0.3, -0.25) is 82.1 Å². The SMILES string of the molecule is CCCC[C@@H](C(=O)N(C)[C@@H](CCCC)C(=O)N[C@@H](CCCNC(=N)N)C(=O)NC(CSCC(=O)N[C@@H](Cc1ccc(O)cc1)C(=O)NC)C(=O)N[C@@H](CO)C(N)=O)N(C)C(=O)[C@H](Cc1c[nH]c2ccccc12)NC(=O)[C@H](CO)NC(=O)[C@H](Cc1c[nH]c2ccccc12)NC(=O)[C@@H]1CCCN1C(=O)[C@H](CO)NC(=O)[C@H](Cc1cnc[nH]1)NC(=O)[C@@H]1CCCN1C(=O)[C@@H](N)CC(N)=O. The fourth-order valence-corrected chi connectivity index (χ4v) is 16.5. The van der Waals surface area contributed by atoms with Gasteiger partial charge < -0.3 is 136 Å². The molecule has 0 saturated carbocycles. The number of nitrogens with zero attached hydrogens (tertiary/aromatic N) is 5. The Hall–Kier alpha value is -13.3. The maximum Gasteiger partial charge on any atom is 0.248 e. The van der Waals surface area contributed by atoms with Crippen molar-refractivity contribution in [3.05, 3.63) is 120 Å². The number of nitrogens with two attached hydrogens (primary N) is 4. The Balaban J connectivity index is 1.02. The van der Waals surface area contributed by atoms with Crippen molar-refractivity contribution in [2.45, 2.75) is 208 Å². The molecule has 2 aliphatic heterocycles. The fraction of sp³-hybridized carbons (Fsp3) is 0.512. The van der Waals surface area contributed by atoms with E-state index in [0.29, 0.717) is 76.3 Å². The molecule has 1 unspecified atom stereocenters. The number of likely N-dealkylation sites (tertiary alicyclic amines) is 2. The van der Waals surface area contributed by atoms with Crippen LogP contribution in [0.1, 0.15) is 120 Å². The van der Waals surface area contributed by atoms with Crippen LogP contribution < -0.4 is 81.4 Å². The van der Waals surface area contributed by atoms with Crippen LogP contribution >= 0.6 is 11.8 Å². The smallest absolute Gasteiger partial charge is 0.248 e. The van der Waals surface area contributed by atoms with Crippen LogP contribution in [0.5, 0.6) is 5.75 Å². The minimum Gasteiger partial charge on any atom is -0.508 e. The number of guanidine groups is 1. The van der Waals surface area contributed by atoms with E-state index in [1.54, 1.807) is 73.1 Å². The van der Waals surface area contributed by atoms with Gasteiger partial charge in [-0.2, -0.15) is 0 Å². The summed E-state index contributed by atoms with van der Waals surface area (Å²) in [6, 6.07) is -0.714. The van der Waals surface area contributed by atoms with Crippen molar-refractivity contribution < 1.29 is 97.1 Å². The van der Waals surface area contributed by atoms with Gasteiger partial charge in [-0.25, -0.2) is 4.98 Å². The summed E-state index contributed by atoms with van der Waals surface area (Å²) in [5.41, 5.74) is 25.6. The van der Waals surface area contributed by atoms with Gasteiger partial charge in [0.2, 0.25) is 94.5 Å². The van der Waals surface area contributed by atoms with Crippen molar-refractivity contribution in [1.29, 1.82) is 5.41 Å². The van der Waals surface area contributed by atoms with Gasteiger partial charge in [-0.15, -0.1) is 11.8 Å². The molecule has 0 radical (unpaired) electrons. The average molecular weight is 1840 g/mol. The number of hydrogen-bond donors (Lipinski definition) is 23. The van der Waals surface area contributed by atoms with E-state index in [0.717, 1.165) is 26.5 Å². The molecule has 6 aromatic rings. The summed E-state index contributed by atoms with van der Waals surface area (Å²) in [6.45, 7) is 0.638. The summed E-state index contributed by atoms with van der Waals surface area (Å²) in [7, 11) is 4.05. The van der Waals surface area contributed by atoms with Crippen LogP contribution in [0.4, 0.5) is 0 Å². The molecular formula is C86H122N24O20S. The number of phenols is 1. The van der Waals surface area contributed by atoms with E-state index in [4.69, 9.17) is 28.3 Å². The van der Waals surface area contributed by atoms with Gasteiger partial charge >= 0.3 is 0 Å². The molecule has 27 N–H and O–H groups in total. The molecule has 0 spiro atoms. The highest BCUT2D eigenvalue weighted by Gasteiger charge is 2.44. The minimum atomic E-state index is -1.88. The third-order valence-corrected chi connectivity index (χ3v) is 23.9. The van der Waals surface area contributed by atoms with Crippen molar-refractivity contribution in [2.24, 2.45) is 22.9 Å². The number of amides is 16. The quantitative estimate of drug-likeness (QED) is 0.00967. The average Bonchev–Trinajstić information content (AvgIpc) is 1.78. The van der Waals surface area contributed by atoms with Gasteiger partial charge in [-0.1, -0.05) is 88.1 Å². The van der Waals surface area contributed by atoms with Crippen LogP contribution in [0.3, 0.4) is 0 Å². The first kappa shape index (κ1) is 103. The van der Waals surface area contributed by atoms with E-state index in [1.807, 2.05) is 13.8 Å². The number of imidazole rings is 1. The van der Waals surface area contributed by atoms with Crippen molar-refractivity contribution in [1.82, 2.24) is 98.0 Å². The lowest BCUT2D eigenvalue weighted by Gasteiger charge is -2.36. The number of benzene rings is 3. The van der Waals surface area contributed by atoms with Gasteiger partial charge in [-0.05, 0) is 92.3 Å². The monoisotopic (exact) mass is 1840 g/mol. The molecule has 2 aliphatic rings. The number of thioether (sulfide) groups is 1. The molecule has 16 amide bonds. The van der Waals surface area contributed by atoms with Crippen molar-refractivity contribution in [3.8, 4) is 5.75 Å². The number of nitrogens with one attached hydrogen (secondary N) is 15. The van der Waals surface area contributed by atoms with Crippen LogP contribution in [0.15, 0.2) is 97.7 Å².